The first kappa shape index (κ1) is 9.00. The largest absolute Gasteiger partial charge is 0.0850 e. The maximum absolute atomic E-state index is 2.59. The van der Waals surface area contributed by atoms with Gasteiger partial charge in [0, 0.05) is 0 Å². The fourth-order valence-corrected chi connectivity index (χ4v) is 4.03. The molecule has 14 heavy (non-hydrogen) atoms. The van der Waals surface area contributed by atoms with E-state index in [2.05, 4.69) is 6.08 Å². The molecule has 0 amide bonds. The molecule has 0 aromatic carbocycles. The third kappa shape index (κ3) is 1.53. The molecule has 2 bridgehead atoms. The summed E-state index contributed by atoms with van der Waals surface area (Å²) in [6, 6.07) is 0. The summed E-state index contributed by atoms with van der Waals surface area (Å²) in [6.07, 6.45) is 16.1. The number of hydrogen-bond acceptors (Lipinski definition) is 0. The Kier molecular flexibility index (Phi) is 2.39. The van der Waals surface area contributed by atoms with Crippen LogP contribution in [0.3, 0.4) is 0 Å². The van der Waals surface area contributed by atoms with E-state index < -0.39 is 0 Å². The average Bonchev–Trinajstić information content (AvgIpc) is 2.32. The third-order valence-corrected chi connectivity index (χ3v) is 4.85. The van der Waals surface area contributed by atoms with E-state index in [-0.39, 0.29) is 0 Å². The quantitative estimate of drug-likeness (QED) is 0.540. The second-order valence-corrected chi connectivity index (χ2v) is 5.65. The van der Waals surface area contributed by atoms with Gasteiger partial charge in [0.15, 0.2) is 0 Å². The zero-order chi connectivity index (χ0) is 9.38. The van der Waals surface area contributed by atoms with Gasteiger partial charge < -0.3 is 0 Å². The summed E-state index contributed by atoms with van der Waals surface area (Å²) in [5.74, 6) is 3.22. The minimum Gasteiger partial charge on any atom is -0.0850 e. The number of rotatable bonds is 1. The minimum absolute atomic E-state index is 1.03. The summed E-state index contributed by atoms with van der Waals surface area (Å²) < 4.78 is 0. The summed E-state index contributed by atoms with van der Waals surface area (Å²) in [7, 11) is 0. The van der Waals surface area contributed by atoms with Crippen molar-refractivity contribution in [3.63, 3.8) is 0 Å². The van der Waals surface area contributed by atoms with Crippen molar-refractivity contribution in [3.05, 3.63) is 11.6 Å². The van der Waals surface area contributed by atoms with Gasteiger partial charge in [-0.05, 0) is 62.7 Å². The monoisotopic (exact) mass is 190 g/mol. The molecule has 4 rings (SSSR count). The van der Waals surface area contributed by atoms with E-state index in [9.17, 15) is 0 Å². The Morgan fingerprint density at radius 1 is 1.00 bits per heavy atom. The fourth-order valence-electron chi connectivity index (χ4n) is 4.03. The van der Waals surface area contributed by atoms with Crippen LogP contribution in [0.4, 0.5) is 0 Å². The highest BCUT2D eigenvalue weighted by atomic mass is 14.4. The molecule has 3 fully saturated rings. The van der Waals surface area contributed by atoms with E-state index in [4.69, 9.17) is 0 Å². The number of allylic oxidation sites excluding steroid dienone is 2. The average molecular weight is 190 g/mol. The van der Waals surface area contributed by atoms with Gasteiger partial charge >= 0.3 is 0 Å². The van der Waals surface area contributed by atoms with Gasteiger partial charge in [-0.2, -0.15) is 0 Å². The lowest BCUT2D eigenvalue weighted by molar-refractivity contribution is 0.118. The highest BCUT2D eigenvalue weighted by Gasteiger charge is 2.36. The molecule has 0 heteroatoms. The molecule has 4 aliphatic rings. The maximum Gasteiger partial charge on any atom is -0.0172 e. The molecular weight excluding hydrogens is 168 g/mol. The second kappa shape index (κ2) is 3.72. The van der Waals surface area contributed by atoms with Crippen molar-refractivity contribution in [1.82, 2.24) is 0 Å². The number of fused-ring (bicyclic) bond motifs is 3. The van der Waals surface area contributed by atoms with Gasteiger partial charge in [0.25, 0.3) is 0 Å². The summed E-state index contributed by atoms with van der Waals surface area (Å²) in [5.41, 5.74) is 1.87. The molecule has 4 aliphatic carbocycles. The molecule has 0 heterocycles. The summed E-state index contributed by atoms with van der Waals surface area (Å²) >= 11 is 0. The minimum atomic E-state index is 1.03. The van der Waals surface area contributed by atoms with Crippen LogP contribution in [0.1, 0.15) is 57.8 Å². The highest BCUT2D eigenvalue weighted by Crippen LogP contribution is 2.49. The molecule has 1 unspecified atom stereocenters. The Morgan fingerprint density at radius 2 is 1.86 bits per heavy atom. The summed E-state index contributed by atoms with van der Waals surface area (Å²) in [5, 5.41) is 0. The molecule has 0 N–H and O–H groups in total. The van der Waals surface area contributed by atoms with Gasteiger partial charge in [-0.25, -0.2) is 0 Å². The van der Waals surface area contributed by atoms with Crippen molar-refractivity contribution in [2.24, 2.45) is 17.8 Å². The standard InChI is InChI=1S/C14H22/c1-2-4-12(5-3-1)14-10-11-6-8-13(14)9-7-11/h4,11,13-14H,1-3,5-10H2. The van der Waals surface area contributed by atoms with Crippen LogP contribution < -0.4 is 0 Å². The lowest BCUT2D eigenvalue weighted by Gasteiger charge is -2.44. The molecule has 0 spiro atoms. The molecular formula is C14H22. The molecule has 1 atom stereocenters. The van der Waals surface area contributed by atoms with Gasteiger partial charge in [-0.15, -0.1) is 0 Å². The predicted octanol–water partition coefficient (Wildman–Crippen LogP) is 4.31. The van der Waals surface area contributed by atoms with Crippen molar-refractivity contribution >= 4 is 0 Å². The van der Waals surface area contributed by atoms with E-state index in [1.165, 1.54) is 25.7 Å². The van der Waals surface area contributed by atoms with Crippen molar-refractivity contribution in [2.75, 3.05) is 0 Å². The van der Waals surface area contributed by atoms with Gasteiger partial charge in [0.05, 0.1) is 0 Å². The van der Waals surface area contributed by atoms with Crippen LogP contribution in [0, 0.1) is 17.8 Å². The van der Waals surface area contributed by atoms with Crippen LogP contribution in [-0.2, 0) is 0 Å². The van der Waals surface area contributed by atoms with E-state index >= 15 is 0 Å². The molecule has 3 saturated carbocycles. The van der Waals surface area contributed by atoms with Gasteiger partial charge in [0.2, 0.25) is 0 Å². The van der Waals surface area contributed by atoms with Crippen molar-refractivity contribution < 1.29 is 0 Å². The summed E-state index contributed by atoms with van der Waals surface area (Å²) in [4.78, 5) is 0. The molecule has 0 nitrogen and oxygen atoms in total. The first-order valence-corrected chi connectivity index (χ1v) is 6.62. The first-order chi connectivity index (χ1) is 6.93. The lowest BCUT2D eigenvalue weighted by atomic mass is 9.61. The molecule has 0 aliphatic heterocycles. The topological polar surface area (TPSA) is 0 Å². The van der Waals surface area contributed by atoms with Crippen LogP contribution in [0.15, 0.2) is 11.6 Å². The smallest absolute Gasteiger partial charge is 0.0172 e. The molecule has 78 valence electrons. The Morgan fingerprint density at radius 3 is 2.43 bits per heavy atom. The predicted molar refractivity (Wildman–Crippen MR) is 60.1 cm³/mol. The third-order valence-electron chi connectivity index (χ3n) is 4.85. The van der Waals surface area contributed by atoms with Crippen LogP contribution >= 0.6 is 0 Å². The first-order valence-electron chi connectivity index (χ1n) is 6.62. The van der Waals surface area contributed by atoms with Crippen LogP contribution in [0.25, 0.3) is 0 Å². The van der Waals surface area contributed by atoms with Gasteiger partial charge in [0.1, 0.15) is 0 Å². The van der Waals surface area contributed by atoms with Crippen molar-refractivity contribution in [1.29, 1.82) is 0 Å². The summed E-state index contributed by atoms with van der Waals surface area (Å²) in [6.45, 7) is 0. The van der Waals surface area contributed by atoms with Crippen LogP contribution in [-0.4, -0.2) is 0 Å². The second-order valence-electron chi connectivity index (χ2n) is 5.65. The van der Waals surface area contributed by atoms with Crippen LogP contribution in [0.5, 0.6) is 0 Å². The van der Waals surface area contributed by atoms with Crippen molar-refractivity contribution in [2.45, 2.75) is 57.8 Å². The molecule has 0 aromatic heterocycles. The van der Waals surface area contributed by atoms with E-state index in [1.54, 1.807) is 32.1 Å². The lowest BCUT2D eigenvalue weighted by Crippen LogP contribution is -2.32. The zero-order valence-electron chi connectivity index (χ0n) is 9.17. The van der Waals surface area contributed by atoms with E-state index in [1.807, 2.05) is 5.57 Å². The Balaban J connectivity index is 1.75. The SMILES string of the molecule is C1=C(C2CC3CCC2CC3)CCCC1. The maximum atomic E-state index is 2.59. The van der Waals surface area contributed by atoms with Gasteiger partial charge in [-0.3, -0.25) is 0 Å². The highest BCUT2D eigenvalue weighted by molar-refractivity contribution is 5.13. The Bertz CT molecular complexity index is 230. The number of hydrogen-bond donors (Lipinski definition) is 0. The van der Waals surface area contributed by atoms with E-state index in [0.29, 0.717) is 0 Å². The van der Waals surface area contributed by atoms with Crippen LogP contribution in [0.2, 0.25) is 0 Å². The zero-order valence-corrected chi connectivity index (χ0v) is 9.17. The molecule has 0 aromatic rings. The molecule has 0 saturated heterocycles. The molecule has 0 radical (unpaired) electrons. The Labute approximate surface area is 87.8 Å². The Hall–Kier alpha value is -0.260. The normalized spacial score (nSPS) is 42.3. The van der Waals surface area contributed by atoms with Gasteiger partial charge in [-0.1, -0.05) is 24.5 Å². The van der Waals surface area contributed by atoms with Crippen molar-refractivity contribution in [3.8, 4) is 0 Å². The van der Waals surface area contributed by atoms with E-state index in [0.717, 1.165) is 17.8 Å². The fraction of sp³-hybridized carbons (Fsp3) is 0.857.